The second kappa shape index (κ2) is 3.56. The van der Waals surface area contributed by atoms with Crippen molar-refractivity contribution in [2.45, 2.75) is 6.36 Å². The molecule has 0 saturated carbocycles. The second-order valence-electron chi connectivity index (χ2n) is 2.01. The summed E-state index contributed by atoms with van der Waals surface area (Å²) in [6.07, 6.45) is -4.76. The van der Waals surface area contributed by atoms with Gasteiger partial charge in [-0.05, 0) is 28.7 Å². The molecule has 0 unspecified atom stereocenters. The number of hydrogen-bond donors (Lipinski definition) is 1. The van der Waals surface area contributed by atoms with Crippen molar-refractivity contribution < 1.29 is 23.0 Å². The molecule has 0 aliphatic carbocycles. The highest BCUT2D eigenvalue weighted by Gasteiger charge is 2.31. The van der Waals surface area contributed by atoms with Crippen LogP contribution in [0.4, 0.5) is 13.2 Å². The molecule has 1 N–H and O–H groups in total. The molecule has 0 atom stereocenters. The molecule has 0 aliphatic rings. The summed E-state index contributed by atoms with van der Waals surface area (Å²) in [6.45, 7) is 0. The third kappa shape index (κ3) is 3.25. The quantitative estimate of drug-likeness (QED) is 0.639. The largest absolute Gasteiger partial charge is 0.574 e. The molecule has 0 aliphatic heterocycles. The monoisotopic (exact) mass is 305 g/mol. The Balaban J connectivity index is 2.86. The minimum absolute atomic E-state index is 0.0550. The Hall–Kier alpha value is -0.730. The SMILES string of the molecule is Oc1ccc(OC(F)(F)F)nc1I. The molecular formula is C6H3F3INO2. The predicted octanol–water partition coefficient (Wildman–Crippen LogP) is 2.29. The smallest absolute Gasteiger partial charge is 0.505 e. The Bertz CT molecular complexity index is 315. The van der Waals surface area contributed by atoms with Crippen LogP contribution in [0.5, 0.6) is 11.6 Å². The van der Waals surface area contributed by atoms with Crippen LogP contribution in [-0.2, 0) is 0 Å². The number of pyridine rings is 1. The van der Waals surface area contributed by atoms with Gasteiger partial charge in [0.1, 0.15) is 9.45 Å². The number of ether oxygens (including phenoxy) is 1. The van der Waals surface area contributed by atoms with Gasteiger partial charge in [-0.3, -0.25) is 0 Å². The van der Waals surface area contributed by atoms with Crippen LogP contribution in [-0.4, -0.2) is 16.5 Å². The molecule has 1 heterocycles. The third-order valence-electron chi connectivity index (χ3n) is 1.02. The number of halogens is 4. The van der Waals surface area contributed by atoms with E-state index in [4.69, 9.17) is 5.11 Å². The lowest BCUT2D eigenvalue weighted by Gasteiger charge is -2.07. The van der Waals surface area contributed by atoms with Crippen molar-refractivity contribution in [2.24, 2.45) is 0 Å². The molecular weight excluding hydrogens is 302 g/mol. The first kappa shape index (κ1) is 10.4. The Labute approximate surface area is 84.7 Å². The summed E-state index contributed by atoms with van der Waals surface area (Å²) in [5, 5.41) is 8.94. The molecule has 0 spiro atoms. The van der Waals surface area contributed by atoms with E-state index in [0.717, 1.165) is 12.1 Å². The fourth-order valence-corrected chi connectivity index (χ4v) is 1.00. The van der Waals surface area contributed by atoms with E-state index < -0.39 is 12.2 Å². The molecule has 1 rings (SSSR count). The lowest BCUT2D eigenvalue weighted by Crippen LogP contribution is -2.18. The molecule has 1 aromatic heterocycles. The fraction of sp³-hybridized carbons (Fsp3) is 0.167. The van der Waals surface area contributed by atoms with Crippen molar-refractivity contribution in [3.8, 4) is 11.6 Å². The van der Waals surface area contributed by atoms with Crippen LogP contribution in [0, 0.1) is 3.70 Å². The summed E-state index contributed by atoms with van der Waals surface area (Å²) in [5.74, 6) is -0.773. The van der Waals surface area contributed by atoms with Crippen LogP contribution < -0.4 is 4.74 Å². The highest BCUT2D eigenvalue weighted by atomic mass is 127. The van der Waals surface area contributed by atoms with Crippen LogP contribution in [0.25, 0.3) is 0 Å². The van der Waals surface area contributed by atoms with Crippen LogP contribution in [0.15, 0.2) is 12.1 Å². The molecule has 0 aromatic carbocycles. The number of aromatic nitrogens is 1. The summed E-state index contributed by atoms with van der Waals surface area (Å²) in [6, 6.07) is 2.01. The van der Waals surface area contributed by atoms with Crippen molar-refractivity contribution in [1.82, 2.24) is 4.98 Å². The fourth-order valence-electron chi connectivity index (χ4n) is 0.586. The van der Waals surface area contributed by atoms with Gasteiger partial charge in [0, 0.05) is 6.07 Å². The second-order valence-corrected chi connectivity index (χ2v) is 3.03. The van der Waals surface area contributed by atoms with E-state index in [-0.39, 0.29) is 9.45 Å². The zero-order valence-electron chi connectivity index (χ0n) is 5.97. The van der Waals surface area contributed by atoms with Gasteiger partial charge in [0.2, 0.25) is 5.88 Å². The van der Waals surface area contributed by atoms with Gasteiger partial charge in [0.05, 0.1) is 0 Å². The summed E-state index contributed by atoms with van der Waals surface area (Å²) >= 11 is 1.59. The lowest BCUT2D eigenvalue weighted by atomic mass is 10.4. The molecule has 0 bridgehead atoms. The molecule has 13 heavy (non-hydrogen) atoms. The molecule has 0 radical (unpaired) electrons. The number of aromatic hydroxyl groups is 1. The molecule has 7 heteroatoms. The molecule has 0 saturated heterocycles. The molecule has 1 aromatic rings. The Kier molecular flexibility index (Phi) is 2.84. The normalized spacial score (nSPS) is 11.4. The average Bonchev–Trinajstić information content (AvgIpc) is 1.94. The van der Waals surface area contributed by atoms with Crippen LogP contribution in [0.1, 0.15) is 0 Å². The van der Waals surface area contributed by atoms with E-state index in [1.807, 2.05) is 0 Å². The predicted molar refractivity (Wildman–Crippen MR) is 45.3 cm³/mol. The van der Waals surface area contributed by atoms with Gasteiger partial charge in [0.25, 0.3) is 0 Å². The number of alkyl halides is 3. The van der Waals surface area contributed by atoms with Gasteiger partial charge in [-0.2, -0.15) is 0 Å². The minimum Gasteiger partial charge on any atom is -0.505 e. The van der Waals surface area contributed by atoms with Crippen molar-refractivity contribution in [3.63, 3.8) is 0 Å². The highest BCUT2D eigenvalue weighted by molar-refractivity contribution is 14.1. The Morgan fingerprint density at radius 2 is 2.00 bits per heavy atom. The van der Waals surface area contributed by atoms with E-state index in [2.05, 4.69) is 9.72 Å². The first-order valence-corrected chi connectivity index (χ1v) is 4.07. The maximum Gasteiger partial charge on any atom is 0.574 e. The lowest BCUT2D eigenvalue weighted by molar-refractivity contribution is -0.276. The van der Waals surface area contributed by atoms with Gasteiger partial charge in [-0.1, -0.05) is 0 Å². The van der Waals surface area contributed by atoms with Crippen molar-refractivity contribution in [1.29, 1.82) is 0 Å². The number of hydrogen-bond acceptors (Lipinski definition) is 3. The van der Waals surface area contributed by atoms with Crippen molar-refractivity contribution >= 4 is 22.6 Å². The molecule has 0 amide bonds. The number of nitrogens with zero attached hydrogens (tertiary/aromatic N) is 1. The van der Waals surface area contributed by atoms with E-state index in [9.17, 15) is 13.2 Å². The van der Waals surface area contributed by atoms with Crippen molar-refractivity contribution in [2.75, 3.05) is 0 Å². The van der Waals surface area contributed by atoms with Crippen molar-refractivity contribution in [3.05, 3.63) is 15.8 Å². The van der Waals surface area contributed by atoms with E-state index >= 15 is 0 Å². The maximum absolute atomic E-state index is 11.6. The molecule has 72 valence electrons. The first-order chi connectivity index (χ1) is 5.88. The van der Waals surface area contributed by atoms with Crippen LogP contribution in [0.2, 0.25) is 0 Å². The first-order valence-electron chi connectivity index (χ1n) is 3.00. The maximum atomic E-state index is 11.6. The van der Waals surface area contributed by atoms with Gasteiger partial charge >= 0.3 is 6.36 Å². The topological polar surface area (TPSA) is 42.4 Å². The average molecular weight is 305 g/mol. The van der Waals surface area contributed by atoms with Gasteiger partial charge in [-0.15, -0.1) is 13.2 Å². The minimum atomic E-state index is -4.76. The highest BCUT2D eigenvalue weighted by Crippen LogP contribution is 2.24. The van der Waals surface area contributed by atoms with Crippen LogP contribution >= 0.6 is 22.6 Å². The number of rotatable bonds is 1. The Morgan fingerprint density at radius 3 is 2.46 bits per heavy atom. The van der Waals surface area contributed by atoms with E-state index in [1.54, 1.807) is 22.6 Å². The zero-order valence-corrected chi connectivity index (χ0v) is 8.13. The summed E-state index contributed by atoms with van der Waals surface area (Å²) in [7, 11) is 0. The van der Waals surface area contributed by atoms with E-state index in [1.165, 1.54) is 0 Å². The summed E-state index contributed by atoms with van der Waals surface area (Å²) < 4.78 is 38.5. The third-order valence-corrected chi connectivity index (χ3v) is 1.82. The zero-order chi connectivity index (χ0) is 10.1. The van der Waals surface area contributed by atoms with E-state index in [0.29, 0.717) is 0 Å². The van der Waals surface area contributed by atoms with Gasteiger partial charge < -0.3 is 9.84 Å². The van der Waals surface area contributed by atoms with Gasteiger partial charge in [-0.25, -0.2) is 4.98 Å². The van der Waals surface area contributed by atoms with Gasteiger partial charge in [0.15, 0.2) is 0 Å². The summed E-state index contributed by atoms with van der Waals surface area (Å²) in [4.78, 5) is 3.35. The molecule has 3 nitrogen and oxygen atoms in total. The standard InChI is InChI=1S/C6H3F3INO2/c7-6(8,9)13-4-2-1-3(12)5(10)11-4/h1-2,12H. The van der Waals surface area contributed by atoms with Crippen LogP contribution in [0.3, 0.4) is 0 Å². The Morgan fingerprint density at radius 1 is 1.38 bits per heavy atom. The summed E-state index contributed by atoms with van der Waals surface area (Å²) in [5.41, 5.74) is 0. The molecule has 0 fully saturated rings.